The third-order valence-electron chi connectivity index (χ3n) is 2.88. The van der Waals surface area contributed by atoms with Gasteiger partial charge in [-0.3, -0.25) is 0 Å². The molecule has 0 unspecified atom stereocenters. The summed E-state index contributed by atoms with van der Waals surface area (Å²) in [5, 5.41) is 3.32. The highest BCUT2D eigenvalue weighted by Crippen LogP contribution is 2.07. The Balaban J connectivity index is 2.01. The number of hydrogen-bond acceptors (Lipinski definition) is 2. The Labute approximate surface area is 103 Å². The molecule has 90 valence electrons. The number of nitrogens with zero attached hydrogens (tertiary/aromatic N) is 2. The van der Waals surface area contributed by atoms with E-state index in [0.717, 1.165) is 25.5 Å². The number of aromatic nitrogens is 2. The van der Waals surface area contributed by atoms with Crippen LogP contribution in [-0.2, 0) is 13.1 Å². The van der Waals surface area contributed by atoms with Crippen LogP contribution in [0.25, 0.3) is 0 Å². The van der Waals surface area contributed by atoms with Crippen LogP contribution in [0.2, 0.25) is 0 Å². The summed E-state index contributed by atoms with van der Waals surface area (Å²) < 4.78 is 2.15. The maximum absolute atomic E-state index is 4.22. The zero-order valence-electron chi connectivity index (χ0n) is 10.5. The van der Waals surface area contributed by atoms with Crippen molar-refractivity contribution in [2.45, 2.75) is 26.9 Å². The first-order chi connectivity index (χ1) is 8.29. The van der Waals surface area contributed by atoms with Crippen LogP contribution >= 0.6 is 0 Å². The first-order valence-corrected chi connectivity index (χ1v) is 6.06. The van der Waals surface area contributed by atoms with Gasteiger partial charge in [-0.1, -0.05) is 31.2 Å². The van der Waals surface area contributed by atoms with E-state index in [1.54, 1.807) is 0 Å². The maximum atomic E-state index is 4.22. The van der Waals surface area contributed by atoms with Crippen molar-refractivity contribution in [2.24, 2.45) is 0 Å². The number of hydrogen-bond donors (Lipinski definition) is 1. The minimum Gasteiger partial charge on any atom is -0.331 e. The second kappa shape index (κ2) is 5.64. The van der Waals surface area contributed by atoms with Crippen molar-refractivity contribution < 1.29 is 0 Å². The van der Waals surface area contributed by atoms with Crippen LogP contribution in [0.4, 0.5) is 0 Å². The molecule has 1 heterocycles. The number of rotatable bonds is 5. The van der Waals surface area contributed by atoms with Crippen molar-refractivity contribution in [1.82, 2.24) is 14.9 Å². The molecule has 1 aromatic carbocycles. The molecule has 0 atom stereocenters. The van der Waals surface area contributed by atoms with Gasteiger partial charge in [-0.15, -0.1) is 0 Å². The average Bonchev–Trinajstić information content (AvgIpc) is 2.74. The zero-order chi connectivity index (χ0) is 12.1. The Morgan fingerprint density at radius 3 is 2.47 bits per heavy atom. The van der Waals surface area contributed by atoms with Crippen LogP contribution in [0.1, 0.15) is 23.9 Å². The number of nitrogens with one attached hydrogen (secondary N) is 1. The number of imidazole rings is 1. The van der Waals surface area contributed by atoms with Gasteiger partial charge in [0.25, 0.3) is 0 Å². The van der Waals surface area contributed by atoms with E-state index in [1.807, 2.05) is 19.3 Å². The fraction of sp³-hybridized carbons (Fsp3) is 0.357. The van der Waals surface area contributed by atoms with E-state index in [9.17, 15) is 0 Å². The highest BCUT2D eigenvalue weighted by Gasteiger charge is 1.99. The first-order valence-electron chi connectivity index (χ1n) is 6.06. The molecule has 0 fully saturated rings. The summed E-state index contributed by atoms with van der Waals surface area (Å²) in [4.78, 5) is 4.22. The van der Waals surface area contributed by atoms with Crippen molar-refractivity contribution in [1.29, 1.82) is 0 Å². The lowest BCUT2D eigenvalue weighted by Gasteiger charge is -2.07. The molecule has 0 aliphatic carbocycles. The lowest BCUT2D eigenvalue weighted by Crippen LogP contribution is -2.11. The van der Waals surface area contributed by atoms with E-state index in [4.69, 9.17) is 0 Å². The Bertz CT molecular complexity index is 457. The third kappa shape index (κ3) is 3.17. The SMILES string of the molecule is CCNCc1ccc(Cn2ccnc2C)cc1. The van der Waals surface area contributed by atoms with Crippen LogP contribution < -0.4 is 5.32 Å². The monoisotopic (exact) mass is 229 g/mol. The van der Waals surface area contributed by atoms with Gasteiger partial charge in [0.15, 0.2) is 0 Å². The smallest absolute Gasteiger partial charge is 0.105 e. The Morgan fingerprint density at radius 2 is 1.88 bits per heavy atom. The van der Waals surface area contributed by atoms with Gasteiger partial charge in [0.05, 0.1) is 0 Å². The Kier molecular flexibility index (Phi) is 3.94. The largest absolute Gasteiger partial charge is 0.331 e. The standard InChI is InChI=1S/C14H19N3/c1-3-15-10-13-4-6-14(7-5-13)11-17-9-8-16-12(17)2/h4-9,15H,3,10-11H2,1-2H3. The molecule has 0 saturated heterocycles. The molecule has 2 rings (SSSR count). The Morgan fingerprint density at radius 1 is 1.18 bits per heavy atom. The van der Waals surface area contributed by atoms with Crippen LogP contribution in [0, 0.1) is 6.92 Å². The molecule has 0 aliphatic rings. The normalized spacial score (nSPS) is 10.7. The van der Waals surface area contributed by atoms with Crippen molar-refractivity contribution in [2.75, 3.05) is 6.54 Å². The third-order valence-corrected chi connectivity index (χ3v) is 2.88. The molecular formula is C14H19N3. The van der Waals surface area contributed by atoms with Crippen molar-refractivity contribution in [3.8, 4) is 0 Å². The van der Waals surface area contributed by atoms with E-state index < -0.39 is 0 Å². The van der Waals surface area contributed by atoms with Crippen LogP contribution in [0.5, 0.6) is 0 Å². The van der Waals surface area contributed by atoms with Gasteiger partial charge < -0.3 is 9.88 Å². The zero-order valence-corrected chi connectivity index (χ0v) is 10.5. The summed E-state index contributed by atoms with van der Waals surface area (Å²) in [5.74, 6) is 1.06. The Hall–Kier alpha value is -1.61. The van der Waals surface area contributed by atoms with Gasteiger partial charge in [0, 0.05) is 25.5 Å². The van der Waals surface area contributed by atoms with Crippen molar-refractivity contribution >= 4 is 0 Å². The molecule has 0 aliphatic heterocycles. The van der Waals surface area contributed by atoms with Crippen LogP contribution in [0.3, 0.4) is 0 Å². The van der Waals surface area contributed by atoms with E-state index >= 15 is 0 Å². The van der Waals surface area contributed by atoms with Gasteiger partial charge in [-0.2, -0.15) is 0 Å². The van der Waals surface area contributed by atoms with E-state index in [-0.39, 0.29) is 0 Å². The molecule has 0 bridgehead atoms. The molecule has 2 aromatic rings. The van der Waals surface area contributed by atoms with Gasteiger partial charge in [0.1, 0.15) is 5.82 Å². The predicted octanol–water partition coefficient (Wildman–Crippen LogP) is 2.35. The molecule has 1 aromatic heterocycles. The summed E-state index contributed by atoms with van der Waals surface area (Å²) in [6.45, 7) is 7.00. The average molecular weight is 229 g/mol. The molecule has 17 heavy (non-hydrogen) atoms. The minimum absolute atomic E-state index is 0.896. The summed E-state index contributed by atoms with van der Waals surface area (Å²) in [6, 6.07) is 8.74. The maximum Gasteiger partial charge on any atom is 0.105 e. The lowest BCUT2D eigenvalue weighted by molar-refractivity contribution is 0.724. The molecule has 3 heteroatoms. The quantitative estimate of drug-likeness (QED) is 0.853. The molecule has 3 nitrogen and oxygen atoms in total. The molecule has 0 radical (unpaired) electrons. The first kappa shape index (κ1) is 11.9. The molecular weight excluding hydrogens is 210 g/mol. The number of aryl methyl sites for hydroxylation is 1. The lowest BCUT2D eigenvalue weighted by atomic mass is 10.1. The molecule has 1 N–H and O–H groups in total. The van der Waals surface area contributed by atoms with Gasteiger partial charge in [-0.25, -0.2) is 4.98 Å². The molecule has 0 spiro atoms. The topological polar surface area (TPSA) is 29.9 Å². The van der Waals surface area contributed by atoms with Gasteiger partial charge in [0.2, 0.25) is 0 Å². The fourth-order valence-electron chi connectivity index (χ4n) is 1.80. The second-order valence-corrected chi connectivity index (χ2v) is 4.20. The van der Waals surface area contributed by atoms with Crippen LogP contribution in [0.15, 0.2) is 36.7 Å². The van der Waals surface area contributed by atoms with E-state index in [2.05, 4.69) is 46.1 Å². The molecule has 0 amide bonds. The van der Waals surface area contributed by atoms with E-state index in [0.29, 0.717) is 0 Å². The van der Waals surface area contributed by atoms with Gasteiger partial charge >= 0.3 is 0 Å². The fourth-order valence-corrected chi connectivity index (χ4v) is 1.80. The summed E-state index contributed by atoms with van der Waals surface area (Å²) >= 11 is 0. The highest BCUT2D eigenvalue weighted by molar-refractivity contribution is 5.23. The van der Waals surface area contributed by atoms with E-state index in [1.165, 1.54) is 11.1 Å². The minimum atomic E-state index is 0.896. The molecule has 0 saturated carbocycles. The summed E-state index contributed by atoms with van der Waals surface area (Å²) in [5.41, 5.74) is 2.64. The number of benzene rings is 1. The van der Waals surface area contributed by atoms with Gasteiger partial charge in [-0.05, 0) is 24.6 Å². The highest BCUT2D eigenvalue weighted by atomic mass is 15.0. The predicted molar refractivity (Wildman–Crippen MR) is 69.9 cm³/mol. The second-order valence-electron chi connectivity index (χ2n) is 4.20. The van der Waals surface area contributed by atoms with Crippen molar-refractivity contribution in [3.63, 3.8) is 0 Å². The summed E-state index contributed by atoms with van der Waals surface area (Å²) in [7, 11) is 0. The van der Waals surface area contributed by atoms with Crippen LogP contribution in [-0.4, -0.2) is 16.1 Å². The van der Waals surface area contributed by atoms with Crippen molar-refractivity contribution in [3.05, 3.63) is 53.6 Å². The summed E-state index contributed by atoms with van der Waals surface area (Å²) in [6.07, 6.45) is 3.86.